The number of hydrogen-bond donors (Lipinski definition) is 1. The van der Waals surface area contributed by atoms with Gasteiger partial charge in [-0.3, -0.25) is 0 Å². The maximum Gasteiger partial charge on any atom is 0.338 e. The first kappa shape index (κ1) is 8.74. The Balaban J connectivity index is 2.49. The number of carboxylic acid groups (broad SMARTS) is 1. The Morgan fingerprint density at radius 3 is 2.86 bits per heavy atom. The van der Waals surface area contributed by atoms with Gasteiger partial charge >= 0.3 is 5.97 Å². The molecule has 0 saturated carbocycles. The van der Waals surface area contributed by atoms with E-state index in [9.17, 15) is 9.18 Å². The first-order valence-corrected chi connectivity index (χ1v) is 4.03. The summed E-state index contributed by atoms with van der Waals surface area (Å²) in [5, 5.41) is 8.65. The van der Waals surface area contributed by atoms with Gasteiger partial charge in [0.15, 0.2) is 0 Å². The van der Waals surface area contributed by atoms with Gasteiger partial charge in [-0.2, -0.15) is 4.39 Å². The van der Waals surface area contributed by atoms with Crippen molar-refractivity contribution in [3.8, 4) is 5.75 Å². The van der Waals surface area contributed by atoms with Crippen LogP contribution in [-0.2, 0) is 4.79 Å². The Bertz CT molecular complexity index is 412. The van der Waals surface area contributed by atoms with E-state index in [4.69, 9.17) is 9.84 Å². The summed E-state index contributed by atoms with van der Waals surface area (Å²) in [7, 11) is 0. The smallest absolute Gasteiger partial charge is 0.338 e. The lowest BCUT2D eigenvalue weighted by Crippen LogP contribution is -2.22. The number of para-hydroxylation sites is 1. The van der Waals surface area contributed by atoms with Crippen molar-refractivity contribution in [3.05, 3.63) is 35.4 Å². The summed E-state index contributed by atoms with van der Waals surface area (Å²) < 4.78 is 17.9. The van der Waals surface area contributed by atoms with Crippen molar-refractivity contribution in [3.63, 3.8) is 0 Å². The summed E-state index contributed by atoms with van der Waals surface area (Å²) >= 11 is 0. The molecule has 1 aromatic carbocycles. The molecule has 0 spiro atoms. The van der Waals surface area contributed by atoms with Gasteiger partial charge in [0.05, 0.1) is 0 Å². The third-order valence-corrected chi connectivity index (χ3v) is 1.95. The highest BCUT2D eigenvalue weighted by Crippen LogP contribution is 2.29. The van der Waals surface area contributed by atoms with Crippen LogP contribution in [0.3, 0.4) is 0 Å². The number of carbonyl (C=O) groups is 1. The number of alkyl halides is 1. The summed E-state index contributed by atoms with van der Waals surface area (Å²) in [4.78, 5) is 10.6. The fraction of sp³-hybridized carbons (Fsp3) is 0.100. The molecule has 1 aromatic rings. The van der Waals surface area contributed by atoms with Crippen LogP contribution in [0.5, 0.6) is 5.75 Å². The van der Waals surface area contributed by atoms with E-state index in [0.717, 1.165) is 0 Å². The second-order valence-electron chi connectivity index (χ2n) is 2.88. The molecule has 0 saturated heterocycles. The molecule has 0 aliphatic carbocycles. The minimum atomic E-state index is -1.89. The molecule has 0 bridgehead atoms. The highest BCUT2D eigenvalue weighted by Gasteiger charge is 2.26. The van der Waals surface area contributed by atoms with Gasteiger partial charge in [-0.1, -0.05) is 18.2 Å². The summed E-state index contributed by atoms with van der Waals surface area (Å²) in [6, 6.07) is 6.70. The van der Waals surface area contributed by atoms with Crippen LogP contribution in [0.4, 0.5) is 4.39 Å². The molecule has 1 aliphatic rings. The molecule has 0 aromatic heterocycles. The molecule has 4 heteroatoms. The van der Waals surface area contributed by atoms with E-state index in [1.807, 2.05) is 0 Å². The van der Waals surface area contributed by atoms with Gasteiger partial charge in [0.2, 0.25) is 0 Å². The maximum absolute atomic E-state index is 13.1. The Hall–Kier alpha value is -1.84. The van der Waals surface area contributed by atoms with Crippen molar-refractivity contribution < 1.29 is 19.0 Å². The first-order chi connectivity index (χ1) is 6.68. The van der Waals surface area contributed by atoms with E-state index >= 15 is 0 Å². The second kappa shape index (κ2) is 3.14. The summed E-state index contributed by atoms with van der Waals surface area (Å²) in [5.74, 6) is -0.933. The van der Waals surface area contributed by atoms with E-state index in [1.165, 1.54) is 6.08 Å². The van der Waals surface area contributed by atoms with Crippen LogP contribution in [0.2, 0.25) is 0 Å². The van der Waals surface area contributed by atoms with Gasteiger partial charge < -0.3 is 9.84 Å². The van der Waals surface area contributed by atoms with Gasteiger partial charge in [-0.15, -0.1) is 0 Å². The SMILES string of the molecule is O=C(O)C1=Cc2ccccc2OC1F. The van der Waals surface area contributed by atoms with Crippen LogP contribution in [0.1, 0.15) is 5.56 Å². The third-order valence-electron chi connectivity index (χ3n) is 1.95. The van der Waals surface area contributed by atoms with Crippen molar-refractivity contribution in [2.75, 3.05) is 0 Å². The van der Waals surface area contributed by atoms with Gasteiger partial charge in [-0.25, -0.2) is 4.79 Å². The molecule has 1 aliphatic heterocycles. The largest absolute Gasteiger partial charge is 0.478 e. The third kappa shape index (κ3) is 1.35. The van der Waals surface area contributed by atoms with E-state index in [1.54, 1.807) is 24.3 Å². The second-order valence-corrected chi connectivity index (χ2v) is 2.88. The zero-order valence-corrected chi connectivity index (χ0v) is 7.11. The van der Waals surface area contributed by atoms with E-state index in [2.05, 4.69) is 0 Å². The van der Waals surface area contributed by atoms with Crippen molar-refractivity contribution in [2.45, 2.75) is 6.36 Å². The lowest BCUT2D eigenvalue weighted by atomic mass is 10.1. The van der Waals surface area contributed by atoms with Crippen molar-refractivity contribution in [1.82, 2.24) is 0 Å². The molecular weight excluding hydrogens is 187 g/mol. The predicted octanol–water partition coefficient (Wildman–Crippen LogP) is 1.84. The summed E-state index contributed by atoms with van der Waals surface area (Å²) in [6.45, 7) is 0. The van der Waals surface area contributed by atoms with Crippen LogP contribution in [-0.4, -0.2) is 17.4 Å². The van der Waals surface area contributed by atoms with Gasteiger partial charge in [0, 0.05) is 5.56 Å². The minimum absolute atomic E-state index is 0.366. The number of carboxylic acids is 1. The van der Waals surface area contributed by atoms with E-state index < -0.39 is 12.3 Å². The highest BCUT2D eigenvalue weighted by molar-refractivity contribution is 5.94. The molecule has 0 radical (unpaired) electrons. The molecule has 0 amide bonds. The monoisotopic (exact) mass is 194 g/mol. The zero-order valence-electron chi connectivity index (χ0n) is 7.11. The average molecular weight is 194 g/mol. The van der Waals surface area contributed by atoms with Crippen LogP contribution in [0.25, 0.3) is 6.08 Å². The van der Waals surface area contributed by atoms with Crippen LogP contribution in [0.15, 0.2) is 29.8 Å². The fourth-order valence-electron chi connectivity index (χ4n) is 1.27. The Kier molecular flexibility index (Phi) is 1.96. The van der Waals surface area contributed by atoms with Crippen LogP contribution >= 0.6 is 0 Å². The Morgan fingerprint density at radius 2 is 2.14 bits per heavy atom. The first-order valence-electron chi connectivity index (χ1n) is 4.03. The molecular formula is C10H7FO3. The van der Waals surface area contributed by atoms with Crippen LogP contribution in [0, 0.1) is 0 Å². The number of fused-ring (bicyclic) bond motifs is 1. The normalized spacial score (nSPS) is 19.2. The predicted molar refractivity (Wildman–Crippen MR) is 47.6 cm³/mol. The summed E-state index contributed by atoms with van der Waals surface area (Å²) in [5.41, 5.74) is 0.211. The number of rotatable bonds is 1. The molecule has 1 N–H and O–H groups in total. The van der Waals surface area contributed by atoms with Crippen molar-refractivity contribution in [2.24, 2.45) is 0 Å². The van der Waals surface area contributed by atoms with Gasteiger partial charge in [0.25, 0.3) is 6.36 Å². The van der Waals surface area contributed by atoms with Crippen LogP contribution < -0.4 is 4.74 Å². The molecule has 3 nitrogen and oxygen atoms in total. The quantitative estimate of drug-likeness (QED) is 0.741. The number of aliphatic carboxylic acids is 1. The molecule has 1 atom stereocenters. The lowest BCUT2D eigenvalue weighted by Gasteiger charge is -2.18. The number of benzene rings is 1. The van der Waals surface area contributed by atoms with Gasteiger partial charge in [-0.05, 0) is 12.1 Å². The van der Waals surface area contributed by atoms with Crippen molar-refractivity contribution >= 4 is 12.0 Å². The molecule has 14 heavy (non-hydrogen) atoms. The molecule has 2 rings (SSSR count). The summed E-state index contributed by atoms with van der Waals surface area (Å²) in [6.07, 6.45) is -0.603. The lowest BCUT2D eigenvalue weighted by molar-refractivity contribution is -0.134. The standard InChI is InChI=1S/C10H7FO3/c11-9-7(10(12)13)5-6-3-1-2-4-8(6)14-9/h1-5,9H,(H,12,13). The number of hydrogen-bond acceptors (Lipinski definition) is 2. The Labute approximate surface area is 79.4 Å². The highest BCUT2D eigenvalue weighted by atomic mass is 19.1. The van der Waals surface area contributed by atoms with Gasteiger partial charge in [0.1, 0.15) is 11.3 Å². The average Bonchev–Trinajstić information content (AvgIpc) is 2.16. The topological polar surface area (TPSA) is 46.5 Å². The number of ether oxygens (including phenoxy) is 1. The number of halogens is 1. The maximum atomic E-state index is 13.1. The molecule has 1 heterocycles. The molecule has 72 valence electrons. The Morgan fingerprint density at radius 1 is 1.43 bits per heavy atom. The van der Waals surface area contributed by atoms with E-state index in [-0.39, 0.29) is 5.57 Å². The molecule has 0 fully saturated rings. The molecule has 1 unspecified atom stereocenters. The van der Waals surface area contributed by atoms with Crippen molar-refractivity contribution in [1.29, 1.82) is 0 Å². The minimum Gasteiger partial charge on any atom is -0.478 e. The fourth-order valence-corrected chi connectivity index (χ4v) is 1.27. The zero-order chi connectivity index (χ0) is 10.1. The van der Waals surface area contributed by atoms with E-state index in [0.29, 0.717) is 11.3 Å².